The van der Waals surface area contributed by atoms with Gasteiger partial charge in [-0.2, -0.15) is 0 Å². The van der Waals surface area contributed by atoms with Gasteiger partial charge >= 0.3 is 0 Å². The molecule has 0 aliphatic heterocycles. The lowest BCUT2D eigenvalue weighted by Gasteiger charge is -1.99. The minimum atomic E-state index is 0.269. The number of aromatic nitrogens is 1. The number of nitrogens with one attached hydrogen (secondary N) is 1. The average molecular weight is 320 g/mol. The molecule has 0 aliphatic rings. The zero-order valence-electron chi connectivity index (χ0n) is 12.4. The number of allylic oxidation sites excluding steroid dienone is 2. The van der Waals surface area contributed by atoms with Crippen LogP contribution < -0.4 is 5.32 Å². The van der Waals surface area contributed by atoms with Crippen molar-refractivity contribution in [2.45, 2.75) is 0 Å². The van der Waals surface area contributed by atoms with Crippen molar-refractivity contribution in [2.24, 2.45) is 0 Å². The summed E-state index contributed by atoms with van der Waals surface area (Å²) in [7, 11) is 0. The quantitative estimate of drug-likeness (QED) is 0.628. The summed E-state index contributed by atoms with van der Waals surface area (Å²) in [5, 5.41) is 13.4. The van der Waals surface area contributed by atoms with E-state index in [9.17, 15) is 5.11 Å². The van der Waals surface area contributed by atoms with Crippen LogP contribution in [0.15, 0.2) is 67.4 Å². The molecule has 0 spiro atoms. The van der Waals surface area contributed by atoms with E-state index in [0.717, 1.165) is 26.5 Å². The van der Waals surface area contributed by atoms with Crippen LogP contribution in [0.25, 0.3) is 22.4 Å². The van der Waals surface area contributed by atoms with Crippen LogP contribution in [-0.4, -0.2) is 10.1 Å². The summed E-state index contributed by atoms with van der Waals surface area (Å²) >= 11 is 1.56. The summed E-state index contributed by atoms with van der Waals surface area (Å²) in [4.78, 5) is 4.50. The number of phenols is 1. The van der Waals surface area contributed by atoms with Gasteiger partial charge in [0.2, 0.25) is 0 Å². The van der Waals surface area contributed by atoms with E-state index >= 15 is 0 Å². The van der Waals surface area contributed by atoms with E-state index < -0.39 is 0 Å². The van der Waals surface area contributed by atoms with Crippen molar-refractivity contribution >= 4 is 39.4 Å². The second-order valence-electron chi connectivity index (χ2n) is 4.89. The molecule has 1 heterocycles. The molecule has 0 fully saturated rings. The van der Waals surface area contributed by atoms with Gasteiger partial charge in [0.05, 0.1) is 10.2 Å². The highest BCUT2D eigenvalue weighted by atomic mass is 32.1. The van der Waals surface area contributed by atoms with E-state index in [0.29, 0.717) is 0 Å². The maximum Gasteiger partial charge on any atom is 0.117 e. The summed E-state index contributed by atoms with van der Waals surface area (Å²) in [6, 6.07) is 13.3. The lowest BCUT2D eigenvalue weighted by molar-refractivity contribution is 0.476. The fraction of sp³-hybridized carbons (Fsp3) is 0. The summed E-state index contributed by atoms with van der Waals surface area (Å²) in [6.07, 6.45) is 9.61. The van der Waals surface area contributed by atoms with Crippen LogP contribution >= 0.6 is 11.3 Å². The highest BCUT2D eigenvalue weighted by Crippen LogP contribution is 2.26. The molecule has 0 atom stereocenters. The molecule has 0 unspecified atom stereocenters. The molecule has 2 aromatic carbocycles. The summed E-state index contributed by atoms with van der Waals surface area (Å²) in [5.74, 6) is 0.269. The van der Waals surface area contributed by atoms with Gasteiger partial charge in [-0.1, -0.05) is 36.9 Å². The van der Waals surface area contributed by atoms with Gasteiger partial charge in [-0.15, -0.1) is 11.3 Å². The Morgan fingerprint density at radius 2 is 1.83 bits per heavy atom. The lowest BCUT2D eigenvalue weighted by Crippen LogP contribution is -1.84. The predicted molar refractivity (Wildman–Crippen MR) is 99.6 cm³/mol. The molecule has 0 saturated carbocycles. The molecule has 0 radical (unpaired) electrons. The number of rotatable bonds is 5. The number of thiazole rings is 1. The Hall–Kier alpha value is -2.85. The van der Waals surface area contributed by atoms with E-state index in [-0.39, 0.29) is 5.75 Å². The molecule has 0 saturated heterocycles. The lowest BCUT2D eigenvalue weighted by atomic mass is 10.2. The molecular weight excluding hydrogens is 304 g/mol. The van der Waals surface area contributed by atoms with Gasteiger partial charge in [-0.05, 0) is 48.2 Å². The first kappa shape index (κ1) is 15.1. The first-order valence-electron chi connectivity index (χ1n) is 7.16. The van der Waals surface area contributed by atoms with E-state index in [1.165, 1.54) is 0 Å². The van der Waals surface area contributed by atoms with Gasteiger partial charge in [-0.25, -0.2) is 4.98 Å². The van der Waals surface area contributed by atoms with Crippen molar-refractivity contribution in [1.29, 1.82) is 0 Å². The number of benzene rings is 2. The Balaban J connectivity index is 1.68. The van der Waals surface area contributed by atoms with Gasteiger partial charge < -0.3 is 10.4 Å². The molecule has 3 nitrogen and oxygen atoms in total. The van der Waals surface area contributed by atoms with Crippen molar-refractivity contribution in [3.05, 3.63) is 78.0 Å². The fourth-order valence-corrected chi connectivity index (χ4v) is 3.03. The molecule has 2 N–H and O–H groups in total. The highest BCUT2D eigenvalue weighted by molar-refractivity contribution is 7.19. The van der Waals surface area contributed by atoms with Gasteiger partial charge in [0.25, 0.3) is 0 Å². The first-order valence-corrected chi connectivity index (χ1v) is 7.98. The Morgan fingerprint density at radius 3 is 2.61 bits per heavy atom. The third kappa shape index (κ3) is 3.87. The number of aromatic hydroxyl groups is 1. The third-order valence-electron chi connectivity index (χ3n) is 3.21. The van der Waals surface area contributed by atoms with Crippen LogP contribution in [0.3, 0.4) is 0 Å². The maximum atomic E-state index is 9.47. The topological polar surface area (TPSA) is 45.2 Å². The number of hydrogen-bond acceptors (Lipinski definition) is 4. The highest BCUT2D eigenvalue weighted by Gasteiger charge is 2.01. The number of fused-ring (bicyclic) bond motifs is 1. The number of hydrogen-bond donors (Lipinski definition) is 2. The molecule has 114 valence electrons. The number of anilines is 1. The Bertz CT molecular complexity index is 876. The van der Waals surface area contributed by atoms with E-state index in [2.05, 4.69) is 16.9 Å². The predicted octanol–water partition coefficient (Wildman–Crippen LogP) is 5.28. The number of nitrogens with zero attached hydrogens (tertiary/aromatic N) is 1. The van der Waals surface area contributed by atoms with E-state index in [1.54, 1.807) is 29.7 Å². The fourth-order valence-electron chi connectivity index (χ4n) is 2.12. The van der Waals surface area contributed by atoms with Crippen LogP contribution in [0, 0.1) is 0 Å². The average Bonchev–Trinajstić information content (AvgIpc) is 2.95. The molecule has 3 aromatic rings. The molecule has 3 rings (SSSR count). The molecule has 0 amide bonds. The van der Waals surface area contributed by atoms with Crippen LogP contribution in [0.2, 0.25) is 0 Å². The molecule has 0 bridgehead atoms. The minimum Gasteiger partial charge on any atom is -0.508 e. The van der Waals surface area contributed by atoms with Crippen LogP contribution in [-0.2, 0) is 0 Å². The Labute approximate surface area is 138 Å². The SMILES string of the molecule is C=CNc1ccc(/C=C/C=C/c2nc3ccc(O)cc3s2)cc1. The smallest absolute Gasteiger partial charge is 0.117 e. The normalized spacial score (nSPS) is 11.5. The Kier molecular flexibility index (Phi) is 4.54. The summed E-state index contributed by atoms with van der Waals surface area (Å²) in [6.45, 7) is 3.64. The minimum absolute atomic E-state index is 0.269. The molecule has 23 heavy (non-hydrogen) atoms. The van der Waals surface area contributed by atoms with Crippen molar-refractivity contribution in [1.82, 2.24) is 4.98 Å². The zero-order valence-corrected chi connectivity index (χ0v) is 13.3. The second kappa shape index (κ2) is 6.94. The maximum absolute atomic E-state index is 9.47. The van der Waals surface area contributed by atoms with Crippen molar-refractivity contribution in [3.8, 4) is 5.75 Å². The Morgan fingerprint density at radius 1 is 1.04 bits per heavy atom. The first-order chi connectivity index (χ1) is 11.2. The van der Waals surface area contributed by atoms with Crippen LogP contribution in [0.1, 0.15) is 10.6 Å². The standard InChI is InChI=1S/C19H16N2OS/c1-2-20-15-9-7-14(8-10-15)5-3-4-6-19-21-17-12-11-16(22)13-18(17)23-19/h2-13,20,22H,1H2/b5-3+,6-4+. The zero-order chi connectivity index (χ0) is 16.1. The van der Waals surface area contributed by atoms with E-state index in [1.807, 2.05) is 54.6 Å². The monoisotopic (exact) mass is 320 g/mol. The third-order valence-corrected chi connectivity index (χ3v) is 4.19. The van der Waals surface area contributed by atoms with E-state index in [4.69, 9.17) is 0 Å². The molecular formula is C19H16N2OS. The van der Waals surface area contributed by atoms with Gasteiger partial charge in [0, 0.05) is 5.69 Å². The van der Waals surface area contributed by atoms with Crippen molar-refractivity contribution < 1.29 is 5.11 Å². The van der Waals surface area contributed by atoms with Crippen LogP contribution in [0.4, 0.5) is 5.69 Å². The molecule has 4 heteroatoms. The van der Waals surface area contributed by atoms with Gasteiger partial charge in [0.15, 0.2) is 0 Å². The van der Waals surface area contributed by atoms with Crippen molar-refractivity contribution in [2.75, 3.05) is 5.32 Å². The van der Waals surface area contributed by atoms with Crippen LogP contribution in [0.5, 0.6) is 5.75 Å². The molecule has 0 aliphatic carbocycles. The van der Waals surface area contributed by atoms with Crippen molar-refractivity contribution in [3.63, 3.8) is 0 Å². The van der Waals surface area contributed by atoms with Gasteiger partial charge in [-0.3, -0.25) is 0 Å². The van der Waals surface area contributed by atoms with Gasteiger partial charge in [0.1, 0.15) is 10.8 Å². The number of phenolic OH excluding ortho intramolecular Hbond substituents is 1. The largest absolute Gasteiger partial charge is 0.508 e. The molecule has 1 aromatic heterocycles. The summed E-state index contributed by atoms with van der Waals surface area (Å²) < 4.78 is 0.985. The summed E-state index contributed by atoms with van der Waals surface area (Å²) in [5.41, 5.74) is 3.05. The second-order valence-corrected chi connectivity index (χ2v) is 5.96.